The van der Waals surface area contributed by atoms with E-state index in [9.17, 15) is 9.59 Å². The van der Waals surface area contributed by atoms with Gasteiger partial charge in [-0.1, -0.05) is 6.07 Å². The number of esters is 2. The zero-order chi connectivity index (χ0) is 12.1. The molecule has 0 unspecified atom stereocenters. The molecule has 0 atom stereocenters. The van der Waals surface area contributed by atoms with E-state index in [1.807, 2.05) is 0 Å². The Balaban J connectivity index is 2.91. The van der Waals surface area contributed by atoms with Crippen LogP contribution in [0.4, 0.5) is 5.69 Å². The van der Waals surface area contributed by atoms with Crippen LogP contribution in [0.5, 0.6) is 0 Å². The van der Waals surface area contributed by atoms with Gasteiger partial charge in [0.2, 0.25) is 0 Å². The summed E-state index contributed by atoms with van der Waals surface area (Å²) in [5.74, 6) is -0.854. The molecule has 0 saturated carbocycles. The summed E-state index contributed by atoms with van der Waals surface area (Å²) < 4.78 is 9.07. The van der Waals surface area contributed by atoms with E-state index in [1.165, 1.54) is 20.3 Å². The lowest BCUT2D eigenvalue weighted by Gasteiger charge is -2.06. The lowest BCUT2D eigenvalue weighted by atomic mass is 10.1. The number of carbonyl (C=O) groups excluding carboxylic acids is 2. The Hall–Kier alpha value is -2.04. The normalized spacial score (nSPS) is 9.62. The highest BCUT2D eigenvalue weighted by Gasteiger charge is 2.11. The molecular weight excluding hydrogens is 210 g/mol. The Labute approximate surface area is 93.1 Å². The van der Waals surface area contributed by atoms with Gasteiger partial charge in [0.05, 0.1) is 26.2 Å². The number of rotatable bonds is 3. The van der Waals surface area contributed by atoms with E-state index in [4.69, 9.17) is 5.73 Å². The molecule has 0 amide bonds. The van der Waals surface area contributed by atoms with Crippen molar-refractivity contribution < 1.29 is 19.1 Å². The fourth-order valence-electron chi connectivity index (χ4n) is 1.26. The molecule has 1 aromatic carbocycles. The zero-order valence-corrected chi connectivity index (χ0v) is 9.15. The minimum Gasteiger partial charge on any atom is -0.469 e. The van der Waals surface area contributed by atoms with Crippen LogP contribution in [0, 0.1) is 0 Å². The molecule has 1 rings (SSSR count). The summed E-state index contributed by atoms with van der Waals surface area (Å²) in [5, 5.41) is 0. The second-order valence-corrected chi connectivity index (χ2v) is 3.17. The smallest absolute Gasteiger partial charge is 0.339 e. The average Bonchev–Trinajstić information content (AvgIpc) is 2.28. The van der Waals surface area contributed by atoms with Crippen molar-refractivity contribution in [2.75, 3.05) is 20.0 Å². The summed E-state index contributed by atoms with van der Waals surface area (Å²) in [4.78, 5) is 22.2. The van der Waals surface area contributed by atoms with Crippen LogP contribution in [-0.4, -0.2) is 26.2 Å². The molecule has 1 aromatic rings. The van der Waals surface area contributed by atoms with Gasteiger partial charge in [0.1, 0.15) is 0 Å². The predicted octanol–water partition coefficient (Wildman–Crippen LogP) is 0.771. The highest BCUT2D eigenvalue weighted by atomic mass is 16.5. The van der Waals surface area contributed by atoms with Gasteiger partial charge in [-0.25, -0.2) is 4.79 Å². The number of nitrogen functional groups attached to an aromatic ring is 1. The van der Waals surface area contributed by atoms with Crippen LogP contribution < -0.4 is 5.73 Å². The third-order valence-electron chi connectivity index (χ3n) is 2.10. The molecule has 0 bridgehead atoms. The SMILES string of the molecule is COC(=O)Cc1ccc(C(=O)OC)c(N)c1. The molecule has 0 aliphatic rings. The molecule has 0 heterocycles. The number of carbonyl (C=O) groups is 2. The van der Waals surface area contributed by atoms with Crippen molar-refractivity contribution >= 4 is 17.6 Å². The molecule has 5 heteroatoms. The molecular formula is C11H13NO4. The minimum atomic E-state index is -0.498. The lowest BCUT2D eigenvalue weighted by molar-refractivity contribution is -0.139. The Bertz CT molecular complexity index is 414. The number of nitrogens with two attached hydrogens (primary N) is 1. The van der Waals surface area contributed by atoms with Gasteiger partial charge in [0.25, 0.3) is 0 Å². The topological polar surface area (TPSA) is 78.6 Å². The fraction of sp³-hybridized carbons (Fsp3) is 0.273. The Morgan fingerprint density at radius 1 is 1.25 bits per heavy atom. The lowest BCUT2D eigenvalue weighted by Crippen LogP contribution is -2.08. The standard InChI is InChI=1S/C11H13NO4/c1-15-10(13)6-7-3-4-8(9(12)5-7)11(14)16-2/h3-5H,6,12H2,1-2H3. The third kappa shape index (κ3) is 2.73. The van der Waals surface area contributed by atoms with Gasteiger partial charge in [-0.05, 0) is 17.7 Å². The maximum Gasteiger partial charge on any atom is 0.339 e. The van der Waals surface area contributed by atoms with E-state index in [1.54, 1.807) is 12.1 Å². The molecule has 0 aromatic heterocycles. The number of hydrogen-bond acceptors (Lipinski definition) is 5. The van der Waals surface area contributed by atoms with Crippen LogP contribution in [0.3, 0.4) is 0 Å². The number of ether oxygens (including phenoxy) is 2. The molecule has 2 N–H and O–H groups in total. The molecule has 16 heavy (non-hydrogen) atoms. The van der Waals surface area contributed by atoms with Gasteiger partial charge in [0.15, 0.2) is 0 Å². The van der Waals surface area contributed by atoms with E-state index >= 15 is 0 Å². The molecule has 0 spiro atoms. The Morgan fingerprint density at radius 3 is 2.44 bits per heavy atom. The first-order valence-electron chi connectivity index (χ1n) is 4.62. The summed E-state index contributed by atoms with van der Waals surface area (Å²) in [6, 6.07) is 4.72. The van der Waals surface area contributed by atoms with E-state index in [0.717, 1.165) is 0 Å². The second-order valence-electron chi connectivity index (χ2n) is 3.17. The van der Waals surface area contributed by atoms with Crippen LogP contribution >= 0.6 is 0 Å². The number of methoxy groups -OCH3 is 2. The highest BCUT2D eigenvalue weighted by molar-refractivity contribution is 5.95. The third-order valence-corrected chi connectivity index (χ3v) is 2.10. The molecule has 0 aliphatic carbocycles. The van der Waals surface area contributed by atoms with E-state index < -0.39 is 5.97 Å². The van der Waals surface area contributed by atoms with Crippen LogP contribution in [0.25, 0.3) is 0 Å². The summed E-state index contributed by atoms with van der Waals surface area (Å²) in [6.45, 7) is 0. The molecule has 86 valence electrons. The van der Waals surface area contributed by atoms with E-state index in [2.05, 4.69) is 9.47 Å². The first kappa shape index (κ1) is 12.0. The summed E-state index contributed by atoms with van der Waals surface area (Å²) in [7, 11) is 2.60. The monoisotopic (exact) mass is 223 g/mol. The van der Waals surface area contributed by atoms with Crippen molar-refractivity contribution in [3.8, 4) is 0 Å². The van der Waals surface area contributed by atoms with Crippen molar-refractivity contribution in [1.29, 1.82) is 0 Å². The quantitative estimate of drug-likeness (QED) is 0.604. The van der Waals surface area contributed by atoms with Crippen molar-refractivity contribution in [3.63, 3.8) is 0 Å². The first-order chi connectivity index (χ1) is 7.58. The van der Waals surface area contributed by atoms with Crippen LogP contribution in [-0.2, 0) is 20.7 Å². The van der Waals surface area contributed by atoms with Gasteiger partial charge >= 0.3 is 11.9 Å². The summed E-state index contributed by atoms with van der Waals surface area (Å²) in [6.07, 6.45) is 0.127. The van der Waals surface area contributed by atoms with Gasteiger partial charge in [-0.15, -0.1) is 0 Å². The molecule has 0 radical (unpaired) electrons. The van der Waals surface area contributed by atoms with E-state index in [0.29, 0.717) is 5.56 Å². The fourth-order valence-corrected chi connectivity index (χ4v) is 1.26. The maximum absolute atomic E-state index is 11.2. The van der Waals surface area contributed by atoms with Crippen molar-refractivity contribution in [1.82, 2.24) is 0 Å². The van der Waals surface area contributed by atoms with Gasteiger partial charge in [-0.3, -0.25) is 4.79 Å². The van der Waals surface area contributed by atoms with Gasteiger partial charge < -0.3 is 15.2 Å². The van der Waals surface area contributed by atoms with Crippen molar-refractivity contribution in [2.45, 2.75) is 6.42 Å². The summed E-state index contributed by atoms with van der Waals surface area (Å²) in [5.41, 5.74) is 6.93. The average molecular weight is 223 g/mol. The molecule has 0 aliphatic heterocycles. The minimum absolute atomic E-state index is 0.127. The number of benzene rings is 1. The Morgan fingerprint density at radius 2 is 1.94 bits per heavy atom. The van der Waals surface area contributed by atoms with Gasteiger partial charge in [0, 0.05) is 5.69 Å². The summed E-state index contributed by atoms with van der Waals surface area (Å²) >= 11 is 0. The van der Waals surface area contributed by atoms with Crippen molar-refractivity contribution in [2.24, 2.45) is 0 Å². The largest absolute Gasteiger partial charge is 0.469 e. The number of hydrogen-bond donors (Lipinski definition) is 1. The van der Waals surface area contributed by atoms with Gasteiger partial charge in [-0.2, -0.15) is 0 Å². The maximum atomic E-state index is 11.2. The number of anilines is 1. The molecule has 5 nitrogen and oxygen atoms in total. The van der Waals surface area contributed by atoms with Crippen LogP contribution in [0.2, 0.25) is 0 Å². The predicted molar refractivity (Wildman–Crippen MR) is 57.9 cm³/mol. The van der Waals surface area contributed by atoms with Crippen LogP contribution in [0.15, 0.2) is 18.2 Å². The van der Waals surface area contributed by atoms with Crippen molar-refractivity contribution in [3.05, 3.63) is 29.3 Å². The molecule has 0 saturated heterocycles. The van der Waals surface area contributed by atoms with E-state index in [-0.39, 0.29) is 23.6 Å². The zero-order valence-electron chi connectivity index (χ0n) is 9.15. The first-order valence-corrected chi connectivity index (χ1v) is 4.62. The second kappa shape index (κ2) is 5.16. The van der Waals surface area contributed by atoms with Crippen LogP contribution in [0.1, 0.15) is 15.9 Å². The Kier molecular flexibility index (Phi) is 3.88. The molecule has 0 fully saturated rings. The highest BCUT2D eigenvalue weighted by Crippen LogP contribution is 2.15.